The molecule has 10 atom stereocenters. The van der Waals surface area contributed by atoms with Gasteiger partial charge in [0.2, 0.25) is 0 Å². The minimum absolute atomic E-state index is 0.132. The van der Waals surface area contributed by atoms with Crippen LogP contribution in [0.25, 0.3) is 0 Å². The molecular weight excluding hydrogens is 808 g/mol. The van der Waals surface area contributed by atoms with E-state index >= 15 is 0 Å². The number of rotatable bonds is 12. The molecule has 0 spiro atoms. The van der Waals surface area contributed by atoms with Gasteiger partial charge in [-0.3, -0.25) is 19.2 Å². The van der Waals surface area contributed by atoms with E-state index in [1.165, 1.54) is 0 Å². The van der Waals surface area contributed by atoms with Crippen molar-refractivity contribution in [3.8, 4) is 0 Å². The second-order valence-corrected chi connectivity index (χ2v) is 19.6. The molecule has 4 rings (SSSR count). The van der Waals surface area contributed by atoms with Gasteiger partial charge in [-0.15, -0.1) is 0 Å². The molecule has 0 bridgehead atoms. The van der Waals surface area contributed by atoms with Crippen LogP contribution >= 0.6 is 0 Å². The highest BCUT2D eigenvalue weighted by Crippen LogP contribution is 2.31. The Morgan fingerprint density at radius 3 is 1.03 bits per heavy atom. The van der Waals surface area contributed by atoms with Gasteiger partial charge in [0.25, 0.3) is 0 Å². The van der Waals surface area contributed by atoms with Gasteiger partial charge in [-0.1, -0.05) is 60.7 Å². The molecule has 2 heterocycles. The van der Waals surface area contributed by atoms with Crippen molar-refractivity contribution in [1.29, 1.82) is 0 Å². The number of benzene rings is 2. The number of hydrogen-bond donors (Lipinski definition) is 4. The summed E-state index contributed by atoms with van der Waals surface area (Å²) in [5.74, 6) is -2.13. The first-order valence-corrected chi connectivity index (χ1v) is 20.7. The van der Waals surface area contributed by atoms with Crippen molar-refractivity contribution in [2.45, 2.75) is 158 Å². The summed E-state index contributed by atoms with van der Waals surface area (Å²) < 4.78 is 44.3. The second kappa shape index (κ2) is 22.1. The number of esters is 4. The first kappa shape index (κ1) is 52.3. The van der Waals surface area contributed by atoms with Crippen LogP contribution in [0.5, 0.6) is 0 Å². The fourth-order valence-electron chi connectivity index (χ4n) is 5.49. The first-order valence-electron chi connectivity index (χ1n) is 20.7. The number of carbonyl (C=O) groups is 4. The third kappa shape index (κ3) is 15.7. The van der Waals surface area contributed by atoms with E-state index in [0.717, 1.165) is 11.1 Å². The zero-order valence-corrected chi connectivity index (χ0v) is 38.1. The Bertz CT molecular complexity index is 1600. The third-order valence-electron chi connectivity index (χ3n) is 9.49. The zero-order valence-electron chi connectivity index (χ0n) is 38.1. The largest absolute Gasteiger partial charge is 0.462 e. The van der Waals surface area contributed by atoms with Crippen molar-refractivity contribution < 1.29 is 77.5 Å². The first-order chi connectivity index (χ1) is 28.6. The Morgan fingerprint density at radius 1 is 0.468 bits per heavy atom. The molecule has 2 fully saturated rings. The summed E-state index contributed by atoms with van der Waals surface area (Å²) in [7, 11) is 0. The number of aliphatic hydroxyl groups excluding tert-OH is 4. The van der Waals surface area contributed by atoms with Crippen molar-refractivity contribution >= 4 is 23.9 Å². The quantitative estimate of drug-likeness (QED) is 0.171. The van der Waals surface area contributed by atoms with Gasteiger partial charge in [0.05, 0.1) is 34.9 Å². The van der Waals surface area contributed by atoms with Crippen LogP contribution in [-0.2, 0) is 70.3 Å². The Morgan fingerprint density at radius 2 is 0.758 bits per heavy atom. The van der Waals surface area contributed by atoms with Crippen molar-refractivity contribution in [3.05, 3.63) is 71.8 Å². The molecule has 348 valence electrons. The topological polar surface area (TPSA) is 223 Å². The standard InChI is InChI=1S/2C23H34O8/c2*1-22(2,3)20(26)29-13-15-16(24)18(31-21(27)23(4,5)6)17(25)19(30-15)28-12-14-10-8-7-9-11-14/h2*7-11,15-19,24-25H,12-13H2,1-6H3/t2*15-,16+,17-,18+,19-/m11/s1. The maximum Gasteiger partial charge on any atom is 0.311 e. The molecule has 0 unspecified atom stereocenters. The van der Waals surface area contributed by atoms with Gasteiger partial charge in [0.1, 0.15) is 49.8 Å². The van der Waals surface area contributed by atoms with Gasteiger partial charge < -0.3 is 58.3 Å². The molecule has 2 aromatic rings. The SMILES string of the molecule is CC(C)(C)C(=O)OC[C@H]1O[C@@H](OCc2ccccc2)[C@H](O)[C@@H](OC(=O)C(C)(C)C)[C@H]1O.CC(C)(C)C(=O)OC[C@H]1O[C@@H](OCc2ccccc2)[C@H](O)[C@@H](OC(=O)C(C)(C)C)[C@H]1O. The Labute approximate surface area is 365 Å². The molecule has 0 aromatic heterocycles. The smallest absolute Gasteiger partial charge is 0.311 e. The molecule has 62 heavy (non-hydrogen) atoms. The zero-order chi connectivity index (χ0) is 46.8. The predicted molar refractivity (Wildman–Crippen MR) is 223 cm³/mol. The van der Waals surface area contributed by atoms with Gasteiger partial charge in [-0.25, -0.2) is 0 Å². The number of hydrogen-bond acceptors (Lipinski definition) is 16. The van der Waals surface area contributed by atoms with Crippen LogP contribution in [0.15, 0.2) is 60.7 Å². The Kier molecular flexibility index (Phi) is 18.6. The molecule has 2 saturated heterocycles. The summed E-state index contributed by atoms with van der Waals surface area (Å²) in [4.78, 5) is 49.1. The molecule has 4 N–H and O–H groups in total. The highest BCUT2D eigenvalue weighted by Gasteiger charge is 2.50. The van der Waals surface area contributed by atoms with Crippen LogP contribution in [0.1, 0.15) is 94.2 Å². The molecule has 2 aromatic carbocycles. The summed E-state index contributed by atoms with van der Waals surface area (Å²) in [6.45, 7) is 19.9. The Balaban J connectivity index is 0.000000330. The lowest BCUT2D eigenvalue weighted by Gasteiger charge is -2.42. The van der Waals surface area contributed by atoms with Crippen LogP contribution in [0.2, 0.25) is 0 Å². The monoisotopic (exact) mass is 876 g/mol. The average molecular weight is 877 g/mol. The van der Waals surface area contributed by atoms with E-state index in [0.29, 0.717) is 0 Å². The molecule has 0 saturated carbocycles. The maximum atomic E-state index is 12.4. The summed E-state index contributed by atoms with van der Waals surface area (Å²) >= 11 is 0. The summed E-state index contributed by atoms with van der Waals surface area (Å²) in [6, 6.07) is 18.5. The molecule has 0 amide bonds. The summed E-state index contributed by atoms with van der Waals surface area (Å²) in [6.07, 6.45) is -12.8. The second-order valence-electron chi connectivity index (χ2n) is 19.6. The van der Waals surface area contributed by atoms with Crippen LogP contribution in [0.4, 0.5) is 0 Å². The minimum atomic E-state index is -1.43. The highest BCUT2D eigenvalue weighted by atomic mass is 16.7. The van der Waals surface area contributed by atoms with Crippen LogP contribution < -0.4 is 0 Å². The van der Waals surface area contributed by atoms with Gasteiger partial charge >= 0.3 is 23.9 Å². The van der Waals surface area contributed by atoms with Crippen LogP contribution in [0.3, 0.4) is 0 Å². The number of ether oxygens (including phenoxy) is 8. The lowest BCUT2D eigenvalue weighted by atomic mass is 9.95. The van der Waals surface area contributed by atoms with E-state index in [1.807, 2.05) is 60.7 Å². The van der Waals surface area contributed by atoms with E-state index in [2.05, 4.69) is 0 Å². The van der Waals surface area contributed by atoms with Crippen molar-refractivity contribution in [3.63, 3.8) is 0 Å². The molecular formula is C46H68O16. The van der Waals surface area contributed by atoms with Gasteiger partial charge in [-0.2, -0.15) is 0 Å². The number of aliphatic hydroxyl groups is 4. The highest BCUT2D eigenvalue weighted by molar-refractivity contribution is 5.77. The summed E-state index contributed by atoms with van der Waals surface area (Å²) in [5, 5.41) is 42.9. The molecule has 0 radical (unpaired) electrons. The van der Waals surface area contributed by atoms with Crippen molar-refractivity contribution in [2.75, 3.05) is 13.2 Å². The fourth-order valence-corrected chi connectivity index (χ4v) is 5.49. The molecule has 2 aliphatic rings. The lowest BCUT2D eigenvalue weighted by molar-refractivity contribution is -0.308. The average Bonchev–Trinajstić information content (AvgIpc) is 3.18. The Hall–Kier alpha value is -4.00. The number of carbonyl (C=O) groups excluding carboxylic acids is 4. The predicted octanol–water partition coefficient (Wildman–Crippen LogP) is 4.39. The van der Waals surface area contributed by atoms with E-state index in [-0.39, 0.29) is 26.4 Å². The lowest BCUT2D eigenvalue weighted by Crippen LogP contribution is -2.61. The van der Waals surface area contributed by atoms with E-state index in [4.69, 9.17) is 37.9 Å². The molecule has 2 aliphatic heterocycles. The molecule has 0 aliphatic carbocycles. The van der Waals surface area contributed by atoms with E-state index < -0.39 is 107 Å². The normalized spacial score (nSPS) is 26.9. The summed E-state index contributed by atoms with van der Waals surface area (Å²) in [5.41, 5.74) is -1.45. The van der Waals surface area contributed by atoms with E-state index in [9.17, 15) is 39.6 Å². The van der Waals surface area contributed by atoms with Crippen molar-refractivity contribution in [2.24, 2.45) is 21.7 Å². The molecule has 16 nitrogen and oxygen atoms in total. The van der Waals surface area contributed by atoms with Crippen LogP contribution in [0, 0.1) is 21.7 Å². The van der Waals surface area contributed by atoms with Crippen LogP contribution in [-0.4, -0.2) is 119 Å². The van der Waals surface area contributed by atoms with Gasteiger partial charge in [0, 0.05) is 0 Å². The fraction of sp³-hybridized carbons (Fsp3) is 0.652. The van der Waals surface area contributed by atoms with Gasteiger partial charge in [-0.05, 0) is 94.2 Å². The maximum absolute atomic E-state index is 12.4. The third-order valence-corrected chi connectivity index (χ3v) is 9.49. The molecule has 16 heteroatoms. The van der Waals surface area contributed by atoms with E-state index in [1.54, 1.807) is 83.1 Å². The van der Waals surface area contributed by atoms with Crippen molar-refractivity contribution in [1.82, 2.24) is 0 Å². The van der Waals surface area contributed by atoms with Gasteiger partial charge in [0.15, 0.2) is 24.8 Å². The minimum Gasteiger partial charge on any atom is -0.462 e.